The van der Waals surface area contributed by atoms with Gasteiger partial charge in [-0.2, -0.15) is 0 Å². The van der Waals surface area contributed by atoms with Gasteiger partial charge in [-0.25, -0.2) is 4.39 Å². The van der Waals surface area contributed by atoms with Gasteiger partial charge in [-0.15, -0.1) is 0 Å². The molecule has 2 rings (SSSR count). The molecule has 1 amide bonds. The minimum absolute atomic E-state index is 0.0682. The van der Waals surface area contributed by atoms with E-state index in [2.05, 4.69) is 5.32 Å². The van der Waals surface area contributed by atoms with Gasteiger partial charge in [0.25, 0.3) is 0 Å². The lowest BCUT2D eigenvalue weighted by atomic mass is 10.0. The predicted molar refractivity (Wildman–Crippen MR) is 70.0 cm³/mol. The Morgan fingerprint density at radius 2 is 2.17 bits per heavy atom. The number of benzene rings is 1. The summed E-state index contributed by atoms with van der Waals surface area (Å²) in [5.41, 5.74) is 2.41. The van der Waals surface area contributed by atoms with Crippen molar-refractivity contribution in [2.45, 2.75) is 13.3 Å². The third-order valence-corrected chi connectivity index (χ3v) is 2.62. The van der Waals surface area contributed by atoms with Gasteiger partial charge >= 0.3 is 0 Å². The lowest BCUT2D eigenvalue weighted by Crippen LogP contribution is -2.19. The zero-order valence-electron chi connectivity index (χ0n) is 10.1. The standard InChI is InChI=1S/C15H14FNO/c1-11-4-2-5-12(8-9-15(18)17-11)13-6-3-7-14(16)10-13/h2-8,10H,9H2,1H3,(H,17,18)/b5-2-,11-4+,12-8-. The molecule has 0 bridgehead atoms. The van der Waals surface area contributed by atoms with Gasteiger partial charge in [-0.3, -0.25) is 4.79 Å². The number of carbonyl (C=O) groups is 1. The number of halogens is 1. The second kappa shape index (κ2) is 5.45. The summed E-state index contributed by atoms with van der Waals surface area (Å²) in [6, 6.07) is 6.35. The van der Waals surface area contributed by atoms with Crippen molar-refractivity contribution in [3.8, 4) is 0 Å². The van der Waals surface area contributed by atoms with Crippen LogP contribution < -0.4 is 5.32 Å². The molecule has 0 fully saturated rings. The summed E-state index contributed by atoms with van der Waals surface area (Å²) in [6.07, 6.45) is 7.61. The fourth-order valence-corrected chi connectivity index (χ4v) is 1.76. The highest BCUT2D eigenvalue weighted by Gasteiger charge is 2.04. The molecular weight excluding hydrogens is 229 g/mol. The molecule has 1 heterocycles. The zero-order chi connectivity index (χ0) is 13.0. The first kappa shape index (κ1) is 12.3. The summed E-state index contributed by atoms with van der Waals surface area (Å²) in [7, 11) is 0. The summed E-state index contributed by atoms with van der Waals surface area (Å²) in [5.74, 6) is -0.348. The first-order chi connectivity index (χ1) is 8.65. The second-order valence-corrected chi connectivity index (χ2v) is 4.13. The number of hydrogen-bond donors (Lipinski definition) is 1. The van der Waals surface area contributed by atoms with E-state index in [0.717, 1.165) is 16.8 Å². The molecule has 0 atom stereocenters. The van der Waals surface area contributed by atoms with Crippen LogP contribution in [0.2, 0.25) is 0 Å². The molecule has 2 nitrogen and oxygen atoms in total. The predicted octanol–water partition coefficient (Wildman–Crippen LogP) is 3.19. The molecular formula is C15H14FNO. The molecule has 1 aliphatic rings. The maximum atomic E-state index is 13.2. The van der Waals surface area contributed by atoms with E-state index in [-0.39, 0.29) is 18.1 Å². The lowest BCUT2D eigenvalue weighted by Gasteiger charge is -2.03. The third kappa shape index (κ3) is 3.17. The van der Waals surface area contributed by atoms with Gasteiger partial charge in [-0.1, -0.05) is 30.4 Å². The largest absolute Gasteiger partial charge is 0.330 e. The molecule has 0 spiro atoms. The number of amides is 1. The van der Waals surface area contributed by atoms with Crippen LogP contribution in [0, 0.1) is 5.82 Å². The average molecular weight is 243 g/mol. The number of carbonyl (C=O) groups excluding carboxylic acids is 1. The highest BCUT2D eigenvalue weighted by Crippen LogP contribution is 2.18. The number of rotatable bonds is 1. The minimum Gasteiger partial charge on any atom is -0.330 e. The monoisotopic (exact) mass is 243 g/mol. The topological polar surface area (TPSA) is 29.1 Å². The van der Waals surface area contributed by atoms with Crippen LogP contribution in [0.1, 0.15) is 18.9 Å². The highest BCUT2D eigenvalue weighted by atomic mass is 19.1. The van der Waals surface area contributed by atoms with Crippen molar-refractivity contribution in [3.63, 3.8) is 0 Å². The van der Waals surface area contributed by atoms with E-state index in [4.69, 9.17) is 0 Å². The van der Waals surface area contributed by atoms with Crippen LogP contribution >= 0.6 is 0 Å². The Morgan fingerprint density at radius 1 is 1.33 bits per heavy atom. The molecule has 1 N–H and O–H groups in total. The SMILES string of the molecule is C\C1=C/C=C\C(c2cccc(F)c2)=C\CC(=O)N1. The van der Waals surface area contributed by atoms with E-state index < -0.39 is 0 Å². The molecule has 1 aromatic rings. The normalized spacial score (nSPS) is 23.6. The van der Waals surface area contributed by atoms with Crippen LogP contribution in [0.25, 0.3) is 5.57 Å². The fourth-order valence-electron chi connectivity index (χ4n) is 1.76. The van der Waals surface area contributed by atoms with Crippen LogP contribution in [0.15, 0.2) is 54.3 Å². The Balaban J connectivity index is 2.36. The van der Waals surface area contributed by atoms with Gasteiger partial charge in [-0.05, 0) is 36.3 Å². The van der Waals surface area contributed by atoms with Gasteiger partial charge in [0.1, 0.15) is 5.82 Å². The summed E-state index contributed by atoms with van der Waals surface area (Å²) >= 11 is 0. The Labute approximate surface area is 106 Å². The zero-order valence-corrected chi connectivity index (χ0v) is 10.1. The molecule has 0 radical (unpaired) electrons. The van der Waals surface area contributed by atoms with Crippen molar-refractivity contribution in [2.24, 2.45) is 0 Å². The average Bonchev–Trinajstić information content (AvgIpc) is 2.40. The van der Waals surface area contributed by atoms with Gasteiger partial charge in [0.2, 0.25) is 5.91 Å². The van der Waals surface area contributed by atoms with Crippen molar-refractivity contribution < 1.29 is 9.18 Å². The minimum atomic E-state index is -0.280. The van der Waals surface area contributed by atoms with Crippen molar-refractivity contribution in [2.75, 3.05) is 0 Å². The third-order valence-electron chi connectivity index (χ3n) is 2.62. The molecule has 3 heteroatoms. The van der Waals surface area contributed by atoms with Gasteiger partial charge < -0.3 is 5.32 Å². The second-order valence-electron chi connectivity index (χ2n) is 4.13. The van der Waals surface area contributed by atoms with E-state index in [9.17, 15) is 9.18 Å². The molecule has 0 saturated heterocycles. The Bertz CT molecular complexity index is 555. The van der Waals surface area contributed by atoms with Crippen molar-refractivity contribution >= 4 is 11.5 Å². The molecule has 18 heavy (non-hydrogen) atoms. The van der Waals surface area contributed by atoms with E-state index >= 15 is 0 Å². The van der Waals surface area contributed by atoms with Crippen molar-refractivity contribution in [3.05, 3.63) is 65.6 Å². The highest BCUT2D eigenvalue weighted by molar-refractivity contribution is 5.84. The molecule has 0 aliphatic carbocycles. The van der Waals surface area contributed by atoms with E-state index in [1.54, 1.807) is 12.1 Å². The first-order valence-corrected chi connectivity index (χ1v) is 5.76. The lowest BCUT2D eigenvalue weighted by molar-refractivity contribution is -0.119. The molecule has 1 aromatic carbocycles. The quantitative estimate of drug-likeness (QED) is 0.806. The van der Waals surface area contributed by atoms with Crippen LogP contribution in [-0.4, -0.2) is 5.91 Å². The van der Waals surface area contributed by atoms with Crippen molar-refractivity contribution in [1.29, 1.82) is 0 Å². The van der Waals surface area contributed by atoms with Crippen LogP contribution in [0.4, 0.5) is 4.39 Å². The molecule has 0 aromatic heterocycles. The van der Waals surface area contributed by atoms with Crippen LogP contribution in [0.5, 0.6) is 0 Å². The Kier molecular flexibility index (Phi) is 3.72. The number of allylic oxidation sites excluding steroid dienone is 5. The molecule has 1 aliphatic heterocycles. The molecule has 0 saturated carbocycles. The van der Waals surface area contributed by atoms with Gasteiger partial charge in [0.15, 0.2) is 0 Å². The first-order valence-electron chi connectivity index (χ1n) is 5.76. The maximum Gasteiger partial charge on any atom is 0.227 e. The summed E-state index contributed by atoms with van der Waals surface area (Å²) in [4.78, 5) is 11.5. The summed E-state index contributed by atoms with van der Waals surface area (Å²) in [6.45, 7) is 1.83. The van der Waals surface area contributed by atoms with E-state index in [1.165, 1.54) is 12.1 Å². The van der Waals surface area contributed by atoms with Crippen LogP contribution in [0.3, 0.4) is 0 Å². The van der Waals surface area contributed by atoms with E-state index in [0.29, 0.717) is 0 Å². The summed E-state index contributed by atoms with van der Waals surface area (Å²) in [5, 5.41) is 2.76. The van der Waals surface area contributed by atoms with Crippen molar-refractivity contribution in [1.82, 2.24) is 5.32 Å². The van der Waals surface area contributed by atoms with Gasteiger partial charge in [0.05, 0.1) is 0 Å². The fraction of sp³-hybridized carbons (Fsp3) is 0.133. The summed E-state index contributed by atoms with van der Waals surface area (Å²) < 4.78 is 13.2. The molecule has 0 unspecified atom stereocenters. The Morgan fingerprint density at radius 3 is 2.94 bits per heavy atom. The van der Waals surface area contributed by atoms with E-state index in [1.807, 2.05) is 31.2 Å². The number of hydrogen-bond acceptors (Lipinski definition) is 1. The Hall–Kier alpha value is -2.16. The van der Waals surface area contributed by atoms with Crippen LogP contribution in [-0.2, 0) is 4.79 Å². The van der Waals surface area contributed by atoms with Gasteiger partial charge in [0, 0.05) is 12.1 Å². The number of nitrogens with one attached hydrogen (secondary N) is 1. The molecule has 92 valence electrons. The smallest absolute Gasteiger partial charge is 0.227 e. The maximum absolute atomic E-state index is 13.2.